The van der Waals surface area contributed by atoms with Gasteiger partial charge in [-0.3, -0.25) is 4.79 Å². The molecule has 0 saturated heterocycles. The maximum atomic E-state index is 11.8. The van der Waals surface area contributed by atoms with Crippen molar-refractivity contribution in [1.82, 2.24) is 5.32 Å². The van der Waals surface area contributed by atoms with Gasteiger partial charge in [0.2, 0.25) is 0 Å². The van der Waals surface area contributed by atoms with E-state index in [4.69, 9.17) is 14.2 Å². The van der Waals surface area contributed by atoms with E-state index in [1.54, 1.807) is 6.92 Å². The van der Waals surface area contributed by atoms with Gasteiger partial charge in [0.15, 0.2) is 5.75 Å². The van der Waals surface area contributed by atoms with Crippen molar-refractivity contribution in [3.8, 4) is 11.5 Å². The van der Waals surface area contributed by atoms with E-state index in [-0.39, 0.29) is 5.97 Å². The second-order valence-electron chi connectivity index (χ2n) is 7.93. The van der Waals surface area contributed by atoms with Crippen molar-refractivity contribution in [2.75, 3.05) is 18.5 Å². The highest BCUT2D eigenvalue weighted by atomic mass is 16.6. The minimum atomic E-state index is -0.526. The quantitative estimate of drug-likeness (QED) is 0.397. The summed E-state index contributed by atoms with van der Waals surface area (Å²) in [4.78, 5) is 23.2. The van der Waals surface area contributed by atoms with Crippen LogP contribution in [0.2, 0.25) is 0 Å². The SMILES string of the molecule is CCOC(=O)CCCNc1ccccc1Oc1ccc(CNC(=O)OC(C)(C)C)cc1. The second kappa shape index (κ2) is 11.8. The van der Waals surface area contributed by atoms with Crippen molar-refractivity contribution in [3.05, 3.63) is 54.1 Å². The van der Waals surface area contributed by atoms with Crippen LogP contribution in [0.3, 0.4) is 0 Å². The van der Waals surface area contributed by atoms with E-state index >= 15 is 0 Å². The van der Waals surface area contributed by atoms with Crippen LogP contribution in [0, 0.1) is 0 Å². The number of rotatable bonds is 10. The van der Waals surface area contributed by atoms with Crippen LogP contribution >= 0.6 is 0 Å². The fourth-order valence-corrected chi connectivity index (χ4v) is 2.68. The van der Waals surface area contributed by atoms with Crippen LogP contribution in [-0.2, 0) is 20.8 Å². The number of carbonyl (C=O) groups excluding carboxylic acids is 2. The number of esters is 1. The van der Waals surface area contributed by atoms with Gasteiger partial charge in [-0.05, 0) is 63.9 Å². The molecule has 0 aliphatic rings. The Morgan fingerprint density at radius 2 is 1.71 bits per heavy atom. The van der Waals surface area contributed by atoms with E-state index < -0.39 is 11.7 Å². The van der Waals surface area contributed by atoms with Gasteiger partial charge < -0.3 is 24.8 Å². The molecule has 1 amide bonds. The van der Waals surface area contributed by atoms with Gasteiger partial charge in [0.1, 0.15) is 11.4 Å². The molecule has 7 nitrogen and oxygen atoms in total. The van der Waals surface area contributed by atoms with Crippen molar-refractivity contribution < 1.29 is 23.8 Å². The molecule has 0 atom stereocenters. The van der Waals surface area contributed by atoms with Crippen molar-refractivity contribution in [2.24, 2.45) is 0 Å². The minimum Gasteiger partial charge on any atom is -0.466 e. The molecule has 0 unspecified atom stereocenters. The van der Waals surface area contributed by atoms with Crippen molar-refractivity contribution in [1.29, 1.82) is 0 Å². The molecule has 31 heavy (non-hydrogen) atoms. The van der Waals surface area contributed by atoms with E-state index in [2.05, 4.69) is 10.6 Å². The summed E-state index contributed by atoms with van der Waals surface area (Å²) in [6.45, 7) is 8.68. The lowest BCUT2D eigenvalue weighted by atomic mass is 10.2. The van der Waals surface area contributed by atoms with E-state index in [1.165, 1.54) is 0 Å². The van der Waals surface area contributed by atoms with E-state index in [1.807, 2.05) is 69.3 Å². The summed E-state index contributed by atoms with van der Waals surface area (Å²) in [7, 11) is 0. The topological polar surface area (TPSA) is 85.9 Å². The maximum Gasteiger partial charge on any atom is 0.407 e. The lowest BCUT2D eigenvalue weighted by molar-refractivity contribution is -0.143. The van der Waals surface area contributed by atoms with Gasteiger partial charge in [-0.15, -0.1) is 0 Å². The van der Waals surface area contributed by atoms with Gasteiger partial charge in [0, 0.05) is 19.5 Å². The molecule has 0 bridgehead atoms. The Bertz CT molecular complexity index is 844. The van der Waals surface area contributed by atoms with E-state index in [9.17, 15) is 9.59 Å². The first-order valence-electron chi connectivity index (χ1n) is 10.5. The number of carbonyl (C=O) groups is 2. The Balaban J connectivity index is 1.86. The summed E-state index contributed by atoms with van der Waals surface area (Å²) in [5, 5.41) is 6.03. The standard InChI is InChI=1S/C24H32N2O5/c1-5-29-22(27)11-8-16-25-20-9-6-7-10-21(20)30-19-14-12-18(13-15-19)17-26-23(28)31-24(2,3)4/h6-7,9-10,12-15,25H,5,8,11,16-17H2,1-4H3,(H,26,28). The number of anilines is 1. The summed E-state index contributed by atoms with van der Waals surface area (Å²) in [6, 6.07) is 15.1. The fraction of sp³-hybridized carbons (Fsp3) is 0.417. The number of amides is 1. The normalized spacial score (nSPS) is 10.8. The Hall–Kier alpha value is -3.22. The monoisotopic (exact) mass is 428 g/mol. The zero-order valence-corrected chi connectivity index (χ0v) is 18.7. The molecule has 0 heterocycles. The highest BCUT2D eigenvalue weighted by Gasteiger charge is 2.15. The molecule has 2 aromatic rings. The first-order valence-corrected chi connectivity index (χ1v) is 10.5. The molecule has 2 rings (SSSR count). The Morgan fingerprint density at radius 1 is 1.00 bits per heavy atom. The molecule has 7 heteroatoms. The Morgan fingerprint density at radius 3 is 2.39 bits per heavy atom. The summed E-state index contributed by atoms with van der Waals surface area (Å²) >= 11 is 0. The third-order valence-corrected chi connectivity index (χ3v) is 4.05. The summed E-state index contributed by atoms with van der Waals surface area (Å²) in [6.07, 6.45) is 0.602. The van der Waals surface area contributed by atoms with Gasteiger partial charge in [0.25, 0.3) is 0 Å². The predicted octanol–water partition coefficient (Wildman–Crippen LogP) is 5.26. The zero-order valence-electron chi connectivity index (χ0n) is 18.7. The first-order chi connectivity index (χ1) is 14.8. The molecule has 0 saturated carbocycles. The lowest BCUT2D eigenvalue weighted by Crippen LogP contribution is -2.32. The van der Waals surface area contributed by atoms with Crippen LogP contribution in [0.1, 0.15) is 46.1 Å². The van der Waals surface area contributed by atoms with Crippen LogP contribution < -0.4 is 15.4 Å². The Labute approximate surface area is 184 Å². The van der Waals surface area contributed by atoms with Crippen LogP contribution in [0.25, 0.3) is 0 Å². The lowest BCUT2D eigenvalue weighted by Gasteiger charge is -2.19. The van der Waals surface area contributed by atoms with Crippen molar-refractivity contribution >= 4 is 17.7 Å². The number of para-hydroxylation sites is 2. The molecule has 0 aromatic heterocycles. The van der Waals surface area contributed by atoms with Gasteiger partial charge in [-0.25, -0.2) is 4.79 Å². The van der Waals surface area contributed by atoms with Crippen LogP contribution in [0.15, 0.2) is 48.5 Å². The zero-order chi connectivity index (χ0) is 22.7. The minimum absolute atomic E-state index is 0.185. The predicted molar refractivity (Wildman–Crippen MR) is 120 cm³/mol. The number of nitrogens with one attached hydrogen (secondary N) is 2. The highest BCUT2D eigenvalue weighted by molar-refractivity contribution is 5.69. The van der Waals surface area contributed by atoms with E-state index in [0.29, 0.717) is 44.0 Å². The van der Waals surface area contributed by atoms with Crippen LogP contribution in [0.4, 0.5) is 10.5 Å². The van der Waals surface area contributed by atoms with E-state index in [0.717, 1.165) is 11.3 Å². The number of ether oxygens (including phenoxy) is 3. The molecule has 2 N–H and O–H groups in total. The van der Waals surface area contributed by atoms with Gasteiger partial charge in [-0.2, -0.15) is 0 Å². The smallest absolute Gasteiger partial charge is 0.407 e. The second-order valence-corrected chi connectivity index (χ2v) is 7.93. The molecule has 0 aliphatic carbocycles. The third kappa shape index (κ3) is 9.42. The number of benzene rings is 2. The summed E-state index contributed by atoms with van der Waals surface area (Å²) in [5.41, 5.74) is 1.26. The van der Waals surface area contributed by atoms with Gasteiger partial charge >= 0.3 is 12.1 Å². The molecule has 0 aliphatic heterocycles. The third-order valence-electron chi connectivity index (χ3n) is 4.05. The average Bonchev–Trinajstić information content (AvgIpc) is 2.71. The molecule has 2 aromatic carbocycles. The van der Waals surface area contributed by atoms with Gasteiger partial charge in [-0.1, -0.05) is 24.3 Å². The molecular weight excluding hydrogens is 396 g/mol. The largest absolute Gasteiger partial charge is 0.466 e. The molecule has 0 spiro atoms. The van der Waals surface area contributed by atoms with Crippen LogP contribution in [0.5, 0.6) is 11.5 Å². The number of hydrogen-bond donors (Lipinski definition) is 2. The van der Waals surface area contributed by atoms with Crippen molar-refractivity contribution in [2.45, 2.75) is 52.7 Å². The number of alkyl carbamates (subject to hydrolysis) is 1. The highest BCUT2D eigenvalue weighted by Crippen LogP contribution is 2.29. The molecular formula is C24H32N2O5. The summed E-state index contributed by atoms with van der Waals surface area (Å²) < 4.78 is 16.2. The van der Waals surface area contributed by atoms with Crippen LogP contribution in [-0.4, -0.2) is 30.8 Å². The molecule has 0 fully saturated rings. The number of hydrogen-bond acceptors (Lipinski definition) is 6. The summed E-state index contributed by atoms with van der Waals surface area (Å²) in [5.74, 6) is 1.19. The first kappa shape index (κ1) is 24.1. The van der Waals surface area contributed by atoms with Crippen molar-refractivity contribution in [3.63, 3.8) is 0 Å². The average molecular weight is 429 g/mol. The molecule has 168 valence electrons. The fourth-order valence-electron chi connectivity index (χ4n) is 2.68. The molecule has 0 radical (unpaired) electrons. The maximum absolute atomic E-state index is 11.8. The Kier molecular flexibility index (Phi) is 9.18. The van der Waals surface area contributed by atoms with Gasteiger partial charge in [0.05, 0.1) is 12.3 Å².